The predicted molar refractivity (Wildman–Crippen MR) is 66.6 cm³/mol. The highest BCUT2D eigenvalue weighted by Gasteiger charge is 2.22. The summed E-state index contributed by atoms with van der Waals surface area (Å²) in [5.74, 6) is 0. The van der Waals surface area contributed by atoms with Crippen molar-refractivity contribution >= 4 is 0 Å². The van der Waals surface area contributed by atoms with Gasteiger partial charge in [0.15, 0.2) is 0 Å². The van der Waals surface area contributed by atoms with E-state index in [-0.39, 0.29) is 0 Å². The topological polar surface area (TPSA) is 29.9 Å². The third-order valence-corrected chi connectivity index (χ3v) is 3.82. The Kier molecular flexibility index (Phi) is 3.64. The van der Waals surface area contributed by atoms with Crippen LogP contribution in [0.1, 0.15) is 62.9 Å². The minimum absolute atomic E-state index is 0.510. The molecule has 0 saturated heterocycles. The highest BCUT2D eigenvalue weighted by atomic mass is 15.3. The molecular formula is C13H23N3. The molecule has 1 aliphatic rings. The number of aromatic nitrogens is 2. The molecule has 1 N–H and O–H groups in total. The molecule has 16 heavy (non-hydrogen) atoms. The molecular weight excluding hydrogens is 198 g/mol. The van der Waals surface area contributed by atoms with Gasteiger partial charge < -0.3 is 5.32 Å². The fourth-order valence-corrected chi connectivity index (χ4v) is 2.60. The average Bonchev–Trinajstić information content (AvgIpc) is 2.62. The highest BCUT2D eigenvalue weighted by Crippen LogP contribution is 2.30. The Labute approximate surface area is 98.2 Å². The molecule has 3 heteroatoms. The minimum atomic E-state index is 0.510. The van der Waals surface area contributed by atoms with E-state index < -0.39 is 0 Å². The smallest absolute Gasteiger partial charge is 0.0540 e. The molecule has 1 aromatic heterocycles. The van der Waals surface area contributed by atoms with Crippen molar-refractivity contribution in [3.8, 4) is 0 Å². The Hall–Kier alpha value is -0.830. The van der Waals surface area contributed by atoms with Gasteiger partial charge in [0.25, 0.3) is 0 Å². The summed E-state index contributed by atoms with van der Waals surface area (Å²) >= 11 is 0. The standard InChI is InChI=1S/C13H23N3/c1-4-10(2)16-13-8-6-5-7-12(14-3)11(13)9-15-16/h9-10,12,14H,4-8H2,1-3H3. The van der Waals surface area contributed by atoms with Gasteiger partial charge in [-0.15, -0.1) is 0 Å². The Morgan fingerprint density at radius 2 is 2.38 bits per heavy atom. The van der Waals surface area contributed by atoms with E-state index >= 15 is 0 Å². The summed E-state index contributed by atoms with van der Waals surface area (Å²) in [5, 5.41) is 8.00. The van der Waals surface area contributed by atoms with Crippen LogP contribution in [0.3, 0.4) is 0 Å². The number of nitrogens with one attached hydrogen (secondary N) is 1. The van der Waals surface area contributed by atoms with E-state index in [9.17, 15) is 0 Å². The molecule has 90 valence electrons. The van der Waals surface area contributed by atoms with Crippen molar-refractivity contribution in [3.63, 3.8) is 0 Å². The van der Waals surface area contributed by atoms with Gasteiger partial charge in [-0.3, -0.25) is 4.68 Å². The van der Waals surface area contributed by atoms with Gasteiger partial charge >= 0.3 is 0 Å². The lowest BCUT2D eigenvalue weighted by Gasteiger charge is -2.16. The van der Waals surface area contributed by atoms with E-state index in [1.54, 1.807) is 0 Å². The fraction of sp³-hybridized carbons (Fsp3) is 0.769. The molecule has 0 aromatic carbocycles. The van der Waals surface area contributed by atoms with Crippen LogP contribution in [-0.2, 0) is 6.42 Å². The SMILES string of the molecule is CCC(C)n1ncc2c1CCCCC2NC. The zero-order valence-corrected chi connectivity index (χ0v) is 10.7. The summed E-state index contributed by atoms with van der Waals surface area (Å²) in [5.41, 5.74) is 2.89. The molecule has 1 heterocycles. The lowest BCUT2D eigenvalue weighted by atomic mass is 10.1. The van der Waals surface area contributed by atoms with Crippen LogP contribution in [0.15, 0.2) is 6.20 Å². The first-order chi connectivity index (χ1) is 7.77. The molecule has 2 rings (SSSR count). The van der Waals surface area contributed by atoms with Gasteiger partial charge in [0.2, 0.25) is 0 Å². The van der Waals surface area contributed by atoms with E-state index in [0.29, 0.717) is 12.1 Å². The maximum atomic E-state index is 4.59. The van der Waals surface area contributed by atoms with Crippen LogP contribution in [0.25, 0.3) is 0 Å². The van der Waals surface area contributed by atoms with Crippen molar-refractivity contribution in [2.24, 2.45) is 0 Å². The summed E-state index contributed by atoms with van der Waals surface area (Å²) in [6, 6.07) is 1.04. The Morgan fingerprint density at radius 1 is 1.56 bits per heavy atom. The van der Waals surface area contributed by atoms with E-state index in [0.717, 1.165) is 6.42 Å². The second-order valence-electron chi connectivity index (χ2n) is 4.84. The first kappa shape index (κ1) is 11.6. The Balaban J connectivity index is 2.35. The van der Waals surface area contributed by atoms with E-state index in [1.165, 1.54) is 36.9 Å². The number of rotatable bonds is 3. The Morgan fingerprint density at radius 3 is 3.06 bits per heavy atom. The van der Waals surface area contributed by atoms with Gasteiger partial charge in [-0.05, 0) is 39.7 Å². The molecule has 0 aliphatic heterocycles. The molecule has 1 aromatic rings. The van der Waals surface area contributed by atoms with Crippen LogP contribution in [0, 0.1) is 0 Å². The molecule has 0 radical (unpaired) electrons. The van der Waals surface area contributed by atoms with Crippen LogP contribution in [0.2, 0.25) is 0 Å². The van der Waals surface area contributed by atoms with E-state index in [4.69, 9.17) is 0 Å². The zero-order chi connectivity index (χ0) is 11.5. The van der Waals surface area contributed by atoms with E-state index in [2.05, 4.69) is 42.2 Å². The van der Waals surface area contributed by atoms with Crippen LogP contribution < -0.4 is 5.32 Å². The van der Waals surface area contributed by atoms with Gasteiger partial charge in [-0.25, -0.2) is 0 Å². The van der Waals surface area contributed by atoms with Gasteiger partial charge in [-0.2, -0.15) is 5.10 Å². The van der Waals surface area contributed by atoms with Crippen LogP contribution in [0.5, 0.6) is 0 Å². The molecule has 0 spiro atoms. The molecule has 3 nitrogen and oxygen atoms in total. The first-order valence-electron chi connectivity index (χ1n) is 6.51. The van der Waals surface area contributed by atoms with Crippen molar-refractivity contribution in [1.29, 1.82) is 0 Å². The maximum Gasteiger partial charge on any atom is 0.0540 e. The minimum Gasteiger partial charge on any atom is -0.313 e. The van der Waals surface area contributed by atoms with Crippen LogP contribution >= 0.6 is 0 Å². The van der Waals surface area contributed by atoms with E-state index in [1.807, 2.05) is 0 Å². The monoisotopic (exact) mass is 221 g/mol. The second-order valence-corrected chi connectivity index (χ2v) is 4.84. The predicted octanol–water partition coefficient (Wildman–Crippen LogP) is 2.84. The quantitative estimate of drug-likeness (QED) is 0.795. The van der Waals surface area contributed by atoms with Gasteiger partial charge in [0, 0.05) is 23.3 Å². The summed E-state index contributed by atoms with van der Waals surface area (Å²) < 4.78 is 2.24. The number of hydrogen-bond acceptors (Lipinski definition) is 2. The highest BCUT2D eigenvalue weighted by molar-refractivity contribution is 5.24. The lowest BCUT2D eigenvalue weighted by molar-refractivity contribution is 0.457. The average molecular weight is 221 g/mol. The van der Waals surface area contributed by atoms with Crippen molar-refractivity contribution in [1.82, 2.24) is 15.1 Å². The third kappa shape index (κ3) is 2.01. The molecule has 2 unspecified atom stereocenters. The third-order valence-electron chi connectivity index (χ3n) is 3.82. The summed E-state index contributed by atoms with van der Waals surface area (Å²) in [4.78, 5) is 0. The second kappa shape index (κ2) is 5.00. The number of nitrogens with zero attached hydrogens (tertiary/aromatic N) is 2. The maximum absolute atomic E-state index is 4.59. The first-order valence-corrected chi connectivity index (χ1v) is 6.51. The van der Waals surface area contributed by atoms with Gasteiger partial charge in [0.1, 0.15) is 0 Å². The molecule has 0 saturated carbocycles. The summed E-state index contributed by atoms with van der Waals surface area (Å²) in [6.07, 6.45) is 8.29. The van der Waals surface area contributed by atoms with Crippen LogP contribution in [0.4, 0.5) is 0 Å². The van der Waals surface area contributed by atoms with Crippen molar-refractivity contribution in [2.45, 2.75) is 58.0 Å². The summed E-state index contributed by atoms with van der Waals surface area (Å²) in [7, 11) is 2.06. The molecule has 0 bridgehead atoms. The molecule has 0 fully saturated rings. The van der Waals surface area contributed by atoms with Crippen molar-refractivity contribution in [3.05, 3.63) is 17.5 Å². The van der Waals surface area contributed by atoms with Gasteiger partial charge in [-0.1, -0.05) is 13.3 Å². The Bertz CT molecular complexity index is 343. The van der Waals surface area contributed by atoms with Crippen molar-refractivity contribution in [2.75, 3.05) is 7.05 Å². The molecule has 1 aliphatic carbocycles. The summed E-state index contributed by atoms with van der Waals surface area (Å²) in [6.45, 7) is 4.48. The normalized spacial score (nSPS) is 22.6. The largest absolute Gasteiger partial charge is 0.313 e. The molecule has 2 atom stereocenters. The fourth-order valence-electron chi connectivity index (χ4n) is 2.60. The zero-order valence-electron chi connectivity index (χ0n) is 10.7. The van der Waals surface area contributed by atoms with Crippen LogP contribution in [-0.4, -0.2) is 16.8 Å². The van der Waals surface area contributed by atoms with Gasteiger partial charge in [0.05, 0.1) is 6.20 Å². The van der Waals surface area contributed by atoms with Crippen molar-refractivity contribution < 1.29 is 0 Å². The molecule has 0 amide bonds. The number of fused-ring (bicyclic) bond motifs is 1. The number of hydrogen-bond donors (Lipinski definition) is 1. The lowest BCUT2D eigenvalue weighted by Crippen LogP contribution is -2.16.